The molecule has 0 bridgehead atoms. The lowest BCUT2D eigenvalue weighted by Gasteiger charge is -2.20. The van der Waals surface area contributed by atoms with Gasteiger partial charge in [-0.15, -0.1) is 0 Å². The van der Waals surface area contributed by atoms with E-state index in [1.165, 1.54) is 0 Å². The number of rotatable bonds is 4. The van der Waals surface area contributed by atoms with Crippen LogP contribution in [-0.4, -0.2) is 30.9 Å². The third kappa shape index (κ3) is 4.34. The van der Waals surface area contributed by atoms with E-state index in [2.05, 4.69) is 5.32 Å². The van der Waals surface area contributed by atoms with Crippen LogP contribution >= 0.6 is 0 Å². The summed E-state index contributed by atoms with van der Waals surface area (Å²) in [5.41, 5.74) is 1.71. The number of benzene rings is 1. The summed E-state index contributed by atoms with van der Waals surface area (Å²) in [5, 5.41) is 2.70. The van der Waals surface area contributed by atoms with Crippen LogP contribution in [0.25, 0.3) is 0 Å². The molecule has 1 saturated heterocycles. The van der Waals surface area contributed by atoms with E-state index in [-0.39, 0.29) is 12.5 Å². The SMILES string of the molecule is Cc1ccc(NC(=O)COC(=O)C(C)(C)C)cc1N1CCCC1=O. The second-order valence-corrected chi connectivity index (χ2v) is 7.02. The quantitative estimate of drug-likeness (QED) is 0.860. The maximum Gasteiger partial charge on any atom is 0.311 e. The van der Waals surface area contributed by atoms with E-state index in [1.807, 2.05) is 13.0 Å². The molecule has 0 saturated carbocycles. The lowest BCUT2D eigenvalue weighted by molar-refractivity contribution is -0.155. The van der Waals surface area contributed by atoms with Crippen molar-refractivity contribution in [3.8, 4) is 0 Å². The standard InChI is InChI=1S/C18H24N2O4/c1-12-7-8-13(10-14(12)20-9-5-6-16(20)22)19-15(21)11-24-17(23)18(2,3)4/h7-8,10H,5-6,9,11H2,1-4H3,(H,19,21). The van der Waals surface area contributed by atoms with Gasteiger partial charge in [0.1, 0.15) is 0 Å². The van der Waals surface area contributed by atoms with Crippen molar-refractivity contribution in [2.75, 3.05) is 23.4 Å². The second kappa shape index (κ2) is 7.03. The Kier molecular flexibility index (Phi) is 5.26. The first kappa shape index (κ1) is 18.0. The lowest BCUT2D eigenvalue weighted by Crippen LogP contribution is -2.28. The van der Waals surface area contributed by atoms with Crippen LogP contribution in [0.15, 0.2) is 18.2 Å². The zero-order chi connectivity index (χ0) is 17.9. The van der Waals surface area contributed by atoms with E-state index in [0.717, 1.165) is 17.7 Å². The lowest BCUT2D eigenvalue weighted by atomic mass is 9.97. The molecule has 1 N–H and O–H groups in total. The zero-order valence-electron chi connectivity index (χ0n) is 14.6. The van der Waals surface area contributed by atoms with Gasteiger partial charge < -0.3 is 15.0 Å². The van der Waals surface area contributed by atoms with E-state index in [4.69, 9.17) is 4.74 Å². The van der Waals surface area contributed by atoms with Crippen LogP contribution in [0.4, 0.5) is 11.4 Å². The number of esters is 1. The fourth-order valence-electron chi connectivity index (χ4n) is 2.43. The molecule has 2 amide bonds. The Balaban J connectivity index is 2.01. The molecule has 1 aromatic rings. The molecule has 0 unspecified atom stereocenters. The van der Waals surface area contributed by atoms with Gasteiger partial charge in [0, 0.05) is 24.3 Å². The first-order valence-electron chi connectivity index (χ1n) is 8.06. The molecule has 1 aromatic carbocycles. The summed E-state index contributed by atoms with van der Waals surface area (Å²) in [7, 11) is 0. The molecule has 0 spiro atoms. The Labute approximate surface area is 142 Å². The molecule has 6 heteroatoms. The van der Waals surface area contributed by atoms with Crippen LogP contribution in [0.5, 0.6) is 0 Å². The highest BCUT2D eigenvalue weighted by molar-refractivity contribution is 5.98. The van der Waals surface area contributed by atoms with E-state index in [1.54, 1.807) is 37.8 Å². The highest BCUT2D eigenvalue weighted by Gasteiger charge is 2.25. The number of aryl methyl sites for hydroxylation is 1. The largest absolute Gasteiger partial charge is 0.455 e. The van der Waals surface area contributed by atoms with Gasteiger partial charge in [0.05, 0.1) is 5.41 Å². The summed E-state index contributed by atoms with van der Waals surface area (Å²) in [6, 6.07) is 5.41. The number of anilines is 2. The molecule has 0 atom stereocenters. The zero-order valence-corrected chi connectivity index (χ0v) is 14.6. The van der Waals surface area contributed by atoms with Crippen LogP contribution < -0.4 is 10.2 Å². The van der Waals surface area contributed by atoms with Gasteiger partial charge >= 0.3 is 5.97 Å². The van der Waals surface area contributed by atoms with E-state index in [0.29, 0.717) is 18.7 Å². The van der Waals surface area contributed by atoms with Crippen LogP contribution in [0.1, 0.15) is 39.2 Å². The molecular weight excluding hydrogens is 308 g/mol. The number of nitrogens with one attached hydrogen (secondary N) is 1. The fraction of sp³-hybridized carbons (Fsp3) is 0.500. The smallest absolute Gasteiger partial charge is 0.311 e. The predicted octanol–water partition coefficient (Wildman–Crippen LogP) is 2.65. The van der Waals surface area contributed by atoms with Crippen LogP contribution in [0.3, 0.4) is 0 Å². The van der Waals surface area contributed by atoms with Gasteiger partial charge in [-0.05, 0) is 51.8 Å². The van der Waals surface area contributed by atoms with Crippen molar-refractivity contribution in [2.45, 2.75) is 40.5 Å². The van der Waals surface area contributed by atoms with Gasteiger partial charge in [0.2, 0.25) is 5.91 Å². The Hall–Kier alpha value is -2.37. The molecule has 0 aliphatic carbocycles. The summed E-state index contributed by atoms with van der Waals surface area (Å²) >= 11 is 0. The van der Waals surface area contributed by atoms with E-state index >= 15 is 0 Å². The second-order valence-electron chi connectivity index (χ2n) is 7.02. The maximum absolute atomic E-state index is 12.0. The monoisotopic (exact) mass is 332 g/mol. The third-order valence-corrected chi connectivity index (χ3v) is 3.80. The molecule has 24 heavy (non-hydrogen) atoms. The maximum atomic E-state index is 12.0. The third-order valence-electron chi connectivity index (χ3n) is 3.80. The molecule has 130 valence electrons. The number of carbonyl (C=O) groups excluding carboxylic acids is 3. The minimum Gasteiger partial charge on any atom is -0.455 e. The fourth-order valence-corrected chi connectivity index (χ4v) is 2.43. The van der Waals surface area contributed by atoms with Crippen LogP contribution in [0.2, 0.25) is 0 Å². The molecule has 0 aromatic heterocycles. The number of carbonyl (C=O) groups is 3. The Morgan fingerprint density at radius 3 is 2.58 bits per heavy atom. The summed E-state index contributed by atoms with van der Waals surface area (Å²) in [5.74, 6) is -0.735. The van der Waals surface area contributed by atoms with Gasteiger partial charge in [-0.3, -0.25) is 14.4 Å². The van der Waals surface area contributed by atoms with E-state index < -0.39 is 17.3 Å². The van der Waals surface area contributed by atoms with Crippen LogP contribution in [-0.2, 0) is 19.1 Å². The minimum atomic E-state index is -0.645. The van der Waals surface area contributed by atoms with Crippen molar-refractivity contribution in [1.29, 1.82) is 0 Å². The van der Waals surface area contributed by atoms with Crippen molar-refractivity contribution in [3.05, 3.63) is 23.8 Å². The first-order valence-corrected chi connectivity index (χ1v) is 8.06. The number of ether oxygens (including phenoxy) is 1. The van der Waals surface area contributed by atoms with Gasteiger partial charge in [0.25, 0.3) is 5.91 Å². The van der Waals surface area contributed by atoms with Crippen molar-refractivity contribution >= 4 is 29.2 Å². The number of nitrogens with zero attached hydrogens (tertiary/aromatic N) is 1. The average molecular weight is 332 g/mol. The number of hydrogen-bond acceptors (Lipinski definition) is 4. The van der Waals surface area contributed by atoms with Crippen molar-refractivity contribution in [3.63, 3.8) is 0 Å². The Morgan fingerprint density at radius 2 is 2.00 bits per heavy atom. The number of hydrogen-bond donors (Lipinski definition) is 1. The molecular formula is C18H24N2O4. The predicted molar refractivity (Wildman–Crippen MR) is 91.8 cm³/mol. The first-order chi connectivity index (χ1) is 11.2. The minimum absolute atomic E-state index is 0.0979. The van der Waals surface area contributed by atoms with Crippen molar-refractivity contribution in [1.82, 2.24) is 0 Å². The molecule has 1 heterocycles. The molecule has 0 radical (unpaired) electrons. The Morgan fingerprint density at radius 1 is 1.29 bits per heavy atom. The van der Waals surface area contributed by atoms with Crippen LogP contribution in [0, 0.1) is 12.3 Å². The summed E-state index contributed by atoms with van der Waals surface area (Å²) in [6.45, 7) is 7.48. The van der Waals surface area contributed by atoms with Gasteiger partial charge in [-0.1, -0.05) is 6.07 Å². The number of amides is 2. The summed E-state index contributed by atoms with van der Waals surface area (Å²) in [4.78, 5) is 37.3. The average Bonchev–Trinajstić information content (AvgIpc) is 2.91. The summed E-state index contributed by atoms with van der Waals surface area (Å²) < 4.78 is 5.00. The highest BCUT2D eigenvalue weighted by atomic mass is 16.5. The van der Waals surface area contributed by atoms with Crippen molar-refractivity contribution in [2.24, 2.45) is 5.41 Å². The van der Waals surface area contributed by atoms with Gasteiger partial charge in [-0.2, -0.15) is 0 Å². The Bertz CT molecular complexity index is 661. The molecule has 1 fully saturated rings. The van der Waals surface area contributed by atoms with E-state index in [9.17, 15) is 14.4 Å². The molecule has 1 aliphatic heterocycles. The highest BCUT2D eigenvalue weighted by Crippen LogP contribution is 2.28. The van der Waals surface area contributed by atoms with Gasteiger partial charge in [0.15, 0.2) is 6.61 Å². The molecule has 6 nitrogen and oxygen atoms in total. The van der Waals surface area contributed by atoms with Gasteiger partial charge in [-0.25, -0.2) is 0 Å². The van der Waals surface area contributed by atoms with Crippen molar-refractivity contribution < 1.29 is 19.1 Å². The summed E-state index contributed by atoms with van der Waals surface area (Å²) in [6.07, 6.45) is 1.40. The topological polar surface area (TPSA) is 75.7 Å². The molecule has 2 rings (SSSR count). The normalized spacial score (nSPS) is 14.7. The molecule has 1 aliphatic rings.